The van der Waals surface area contributed by atoms with Crippen molar-refractivity contribution in [3.05, 3.63) is 82.1 Å². The van der Waals surface area contributed by atoms with Crippen molar-refractivity contribution in [1.82, 2.24) is 0 Å². The number of carbonyl (C=O) groups excluding carboxylic acids is 3. The molecular formula is C39H42O7. The highest BCUT2D eigenvalue weighted by molar-refractivity contribution is 6.24. The average molecular weight is 623 g/mol. The number of aromatic hydroxyl groups is 1. The van der Waals surface area contributed by atoms with E-state index in [1.807, 2.05) is 70.2 Å². The van der Waals surface area contributed by atoms with Gasteiger partial charge in [0.15, 0.2) is 17.2 Å². The Kier molecular flexibility index (Phi) is 6.82. The number of ketones is 3. The summed E-state index contributed by atoms with van der Waals surface area (Å²) in [5.74, 6) is -5.24. The molecule has 4 atom stereocenters. The third-order valence-electron chi connectivity index (χ3n) is 10.9. The van der Waals surface area contributed by atoms with Crippen LogP contribution < -0.4 is 0 Å². The van der Waals surface area contributed by atoms with E-state index in [1.54, 1.807) is 20.8 Å². The molecule has 6 rings (SSSR count). The fourth-order valence-electron chi connectivity index (χ4n) is 8.97. The van der Waals surface area contributed by atoms with E-state index >= 15 is 0 Å². The highest BCUT2D eigenvalue weighted by Gasteiger charge is 2.72. The third-order valence-corrected chi connectivity index (χ3v) is 10.9. The van der Waals surface area contributed by atoms with Gasteiger partial charge in [0.25, 0.3) is 0 Å². The standard InChI is InChI=1S/C39H42O7/c1-19(2)29-32(42)27(20(3)40)34(44)39(46)35(45)30-33(43)28-25(17-37(30,7)18-38(29,39)8)24(16-26(31(28)41)36(4,5)6)23-14-13-21-11-9-10-12-22(21)15-23/h9-16,19,29,41,43-44,46H,17-18H2,1-8H3/t29?,37-,38-,39+/m1/s1. The predicted molar refractivity (Wildman–Crippen MR) is 177 cm³/mol. The minimum Gasteiger partial charge on any atom is -0.508 e. The molecule has 0 aliphatic heterocycles. The molecule has 7 nitrogen and oxygen atoms in total. The Morgan fingerprint density at radius 3 is 2.17 bits per heavy atom. The second kappa shape index (κ2) is 9.88. The normalized spacial score (nSPS) is 28.0. The number of fused-ring (bicyclic) bond motifs is 4. The summed E-state index contributed by atoms with van der Waals surface area (Å²) >= 11 is 0. The molecule has 3 aliphatic rings. The smallest absolute Gasteiger partial charge is 0.203 e. The Balaban J connectivity index is 1.69. The third kappa shape index (κ3) is 4.03. The Morgan fingerprint density at radius 1 is 0.957 bits per heavy atom. The summed E-state index contributed by atoms with van der Waals surface area (Å²) in [6.45, 7) is 14.0. The van der Waals surface area contributed by atoms with Crippen LogP contribution in [0.5, 0.6) is 5.75 Å². The molecule has 46 heavy (non-hydrogen) atoms. The van der Waals surface area contributed by atoms with Gasteiger partial charge in [-0.3, -0.25) is 14.4 Å². The van der Waals surface area contributed by atoms with Gasteiger partial charge in [-0.2, -0.15) is 0 Å². The first-order valence-electron chi connectivity index (χ1n) is 15.9. The molecule has 3 aliphatic carbocycles. The Labute approximate surface area is 269 Å². The summed E-state index contributed by atoms with van der Waals surface area (Å²) in [7, 11) is 0. The molecule has 0 amide bonds. The highest BCUT2D eigenvalue weighted by Crippen LogP contribution is 2.65. The van der Waals surface area contributed by atoms with Crippen LogP contribution in [0.3, 0.4) is 0 Å². The number of hydrogen-bond acceptors (Lipinski definition) is 7. The van der Waals surface area contributed by atoms with E-state index in [1.165, 1.54) is 0 Å². The first-order valence-corrected chi connectivity index (χ1v) is 15.9. The summed E-state index contributed by atoms with van der Waals surface area (Å²) in [5, 5.41) is 49.9. The van der Waals surface area contributed by atoms with Crippen LogP contribution in [0.15, 0.2) is 65.4 Å². The van der Waals surface area contributed by atoms with E-state index in [0.717, 1.165) is 28.8 Å². The van der Waals surface area contributed by atoms with Gasteiger partial charge in [-0.15, -0.1) is 0 Å². The lowest BCUT2D eigenvalue weighted by molar-refractivity contribution is -0.178. The van der Waals surface area contributed by atoms with Gasteiger partial charge in [-0.1, -0.05) is 84.9 Å². The molecule has 1 unspecified atom stereocenters. The zero-order chi connectivity index (χ0) is 33.9. The fourth-order valence-corrected chi connectivity index (χ4v) is 8.97. The monoisotopic (exact) mass is 622 g/mol. The van der Waals surface area contributed by atoms with Crippen molar-refractivity contribution in [2.24, 2.45) is 22.7 Å². The van der Waals surface area contributed by atoms with E-state index in [0.29, 0.717) is 11.1 Å². The van der Waals surface area contributed by atoms with Crippen LogP contribution in [0.25, 0.3) is 27.7 Å². The summed E-state index contributed by atoms with van der Waals surface area (Å²) < 4.78 is 0. The topological polar surface area (TPSA) is 132 Å². The molecule has 0 spiro atoms. The lowest BCUT2D eigenvalue weighted by atomic mass is 9.43. The van der Waals surface area contributed by atoms with Crippen LogP contribution in [0, 0.1) is 22.7 Å². The second-order valence-corrected chi connectivity index (χ2v) is 15.4. The number of carbonyl (C=O) groups is 3. The number of phenolic OH excluding ortho intramolecular Hbond substituents is 1. The van der Waals surface area contributed by atoms with Gasteiger partial charge < -0.3 is 20.4 Å². The minimum absolute atomic E-state index is 0.0455. The molecule has 0 bridgehead atoms. The van der Waals surface area contributed by atoms with Gasteiger partial charge in [0.05, 0.1) is 5.56 Å². The first kappa shape index (κ1) is 31.7. The van der Waals surface area contributed by atoms with Crippen LogP contribution in [0.1, 0.15) is 78.5 Å². The number of aliphatic hydroxyl groups is 3. The van der Waals surface area contributed by atoms with Crippen LogP contribution >= 0.6 is 0 Å². The van der Waals surface area contributed by atoms with Crippen molar-refractivity contribution in [2.75, 3.05) is 0 Å². The van der Waals surface area contributed by atoms with Gasteiger partial charge in [0.1, 0.15) is 22.8 Å². The van der Waals surface area contributed by atoms with Crippen molar-refractivity contribution in [3.8, 4) is 16.9 Å². The molecule has 0 radical (unpaired) electrons. The first-order chi connectivity index (χ1) is 21.3. The molecule has 3 aromatic rings. The molecule has 1 saturated carbocycles. The predicted octanol–water partition coefficient (Wildman–Crippen LogP) is 7.31. The number of phenols is 1. The van der Waals surface area contributed by atoms with Crippen LogP contribution in [-0.2, 0) is 26.2 Å². The summed E-state index contributed by atoms with van der Waals surface area (Å²) in [5.41, 5.74) is -3.49. The number of rotatable bonds is 3. The molecule has 1 fully saturated rings. The lowest BCUT2D eigenvalue weighted by Crippen LogP contribution is -2.69. The van der Waals surface area contributed by atoms with Gasteiger partial charge >= 0.3 is 0 Å². The van der Waals surface area contributed by atoms with E-state index in [-0.39, 0.29) is 35.6 Å². The molecule has 0 heterocycles. The van der Waals surface area contributed by atoms with Crippen molar-refractivity contribution >= 4 is 33.9 Å². The van der Waals surface area contributed by atoms with Crippen LogP contribution in [0.4, 0.5) is 0 Å². The van der Waals surface area contributed by atoms with Gasteiger partial charge in [-0.05, 0) is 70.7 Å². The molecule has 3 aromatic carbocycles. The SMILES string of the molecule is CC(=O)C1=C(O)[C@]2(O)C(=O)C3=C(O)c4c(O)c(C(C)(C)C)cc(-c5ccc6ccccc6c5)c4C[C@]3(C)C[C@]2(C)C(C(C)C)C1=O. The number of aliphatic hydroxyl groups excluding tert-OH is 2. The summed E-state index contributed by atoms with van der Waals surface area (Å²) in [6.07, 6.45) is 0.256. The Hall–Kier alpha value is -4.23. The largest absolute Gasteiger partial charge is 0.508 e. The molecule has 4 N–H and O–H groups in total. The zero-order valence-electron chi connectivity index (χ0n) is 27.7. The van der Waals surface area contributed by atoms with E-state index in [4.69, 9.17) is 0 Å². The zero-order valence-corrected chi connectivity index (χ0v) is 27.7. The number of hydrogen-bond donors (Lipinski definition) is 4. The Bertz CT molecular complexity index is 1950. The van der Waals surface area contributed by atoms with Crippen molar-refractivity contribution in [3.63, 3.8) is 0 Å². The van der Waals surface area contributed by atoms with Crippen LogP contribution in [0.2, 0.25) is 0 Å². The molecule has 0 aromatic heterocycles. The highest BCUT2D eigenvalue weighted by atomic mass is 16.3. The molecule has 7 heteroatoms. The molecule has 0 saturated heterocycles. The summed E-state index contributed by atoms with van der Waals surface area (Å²) in [6, 6.07) is 16.1. The number of Topliss-reactive ketones (excluding diaryl/α,β-unsaturated/α-hetero) is 3. The molecule has 240 valence electrons. The fraction of sp³-hybridized carbons (Fsp3) is 0.410. The Morgan fingerprint density at radius 2 is 1.59 bits per heavy atom. The van der Waals surface area contributed by atoms with Crippen molar-refractivity contribution < 1.29 is 34.8 Å². The average Bonchev–Trinajstić information content (AvgIpc) is 2.93. The molecular weight excluding hydrogens is 580 g/mol. The second-order valence-electron chi connectivity index (χ2n) is 15.4. The van der Waals surface area contributed by atoms with Gasteiger partial charge in [0, 0.05) is 27.9 Å². The van der Waals surface area contributed by atoms with Crippen LogP contribution in [-0.4, -0.2) is 43.4 Å². The number of benzene rings is 3. The van der Waals surface area contributed by atoms with E-state index in [2.05, 4.69) is 6.07 Å². The van der Waals surface area contributed by atoms with Crippen molar-refractivity contribution in [2.45, 2.75) is 79.2 Å². The lowest BCUT2D eigenvalue weighted by Gasteiger charge is -2.59. The van der Waals surface area contributed by atoms with E-state index in [9.17, 15) is 34.8 Å². The maximum atomic E-state index is 14.7. The minimum atomic E-state index is -2.64. The van der Waals surface area contributed by atoms with Crippen molar-refractivity contribution in [1.29, 1.82) is 0 Å². The number of allylic oxidation sites excluding steroid dienone is 1. The van der Waals surface area contributed by atoms with Gasteiger partial charge in [-0.25, -0.2) is 0 Å². The van der Waals surface area contributed by atoms with Gasteiger partial charge in [0.2, 0.25) is 5.78 Å². The quantitative estimate of drug-likeness (QED) is 0.225. The van der Waals surface area contributed by atoms with E-state index < -0.39 is 62.2 Å². The maximum absolute atomic E-state index is 14.7. The maximum Gasteiger partial charge on any atom is 0.203 e. The summed E-state index contributed by atoms with van der Waals surface area (Å²) in [4.78, 5) is 41.2.